The third-order valence-electron chi connectivity index (χ3n) is 3.76. The molecule has 0 unspecified atom stereocenters. The number of fused-ring (bicyclic) bond motifs is 3. The maximum atomic E-state index is 5.32. The van der Waals surface area contributed by atoms with Crippen LogP contribution in [0.15, 0.2) is 18.2 Å². The molecule has 1 aliphatic rings. The SMILES string of the molecule is COc1ccc2c(c1)CCc1sc(CNCC(C)C)nc1-2. The van der Waals surface area contributed by atoms with Crippen LogP contribution in [-0.4, -0.2) is 18.6 Å². The molecule has 0 bridgehead atoms. The number of nitrogens with zero attached hydrogens (tertiary/aromatic N) is 1. The van der Waals surface area contributed by atoms with E-state index in [1.807, 2.05) is 17.4 Å². The molecule has 0 spiro atoms. The number of benzene rings is 1. The normalized spacial score (nSPS) is 13.1. The summed E-state index contributed by atoms with van der Waals surface area (Å²) in [6.45, 7) is 6.37. The molecule has 0 radical (unpaired) electrons. The number of aromatic nitrogens is 1. The fraction of sp³-hybridized carbons (Fsp3) is 0.471. The summed E-state index contributed by atoms with van der Waals surface area (Å²) in [7, 11) is 1.72. The van der Waals surface area contributed by atoms with E-state index in [9.17, 15) is 0 Å². The quantitative estimate of drug-likeness (QED) is 0.915. The van der Waals surface area contributed by atoms with Crippen LogP contribution in [0.25, 0.3) is 11.3 Å². The van der Waals surface area contributed by atoms with E-state index in [4.69, 9.17) is 9.72 Å². The van der Waals surface area contributed by atoms with Crippen LogP contribution < -0.4 is 10.1 Å². The van der Waals surface area contributed by atoms with Gasteiger partial charge in [-0.05, 0) is 49.1 Å². The van der Waals surface area contributed by atoms with E-state index in [1.165, 1.54) is 26.7 Å². The van der Waals surface area contributed by atoms with Crippen molar-refractivity contribution in [2.75, 3.05) is 13.7 Å². The number of ether oxygens (including phenoxy) is 1. The van der Waals surface area contributed by atoms with Gasteiger partial charge in [0, 0.05) is 17.0 Å². The number of hydrogen-bond donors (Lipinski definition) is 1. The maximum absolute atomic E-state index is 5.32. The largest absolute Gasteiger partial charge is 0.497 e. The second kappa shape index (κ2) is 6.16. The van der Waals surface area contributed by atoms with Gasteiger partial charge in [0.25, 0.3) is 0 Å². The highest BCUT2D eigenvalue weighted by Crippen LogP contribution is 2.37. The zero-order chi connectivity index (χ0) is 14.8. The van der Waals surface area contributed by atoms with E-state index < -0.39 is 0 Å². The first-order valence-corrected chi connectivity index (χ1v) is 8.35. The Kier molecular flexibility index (Phi) is 4.27. The van der Waals surface area contributed by atoms with Crippen molar-refractivity contribution in [2.24, 2.45) is 5.92 Å². The van der Waals surface area contributed by atoms with Crippen molar-refractivity contribution < 1.29 is 4.74 Å². The molecule has 0 atom stereocenters. The van der Waals surface area contributed by atoms with E-state index in [0.29, 0.717) is 5.92 Å². The summed E-state index contributed by atoms with van der Waals surface area (Å²) in [5.74, 6) is 1.61. The monoisotopic (exact) mass is 302 g/mol. The van der Waals surface area contributed by atoms with Gasteiger partial charge in [-0.2, -0.15) is 0 Å². The van der Waals surface area contributed by atoms with Crippen LogP contribution in [0.2, 0.25) is 0 Å². The first-order valence-electron chi connectivity index (χ1n) is 7.54. The van der Waals surface area contributed by atoms with Gasteiger partial charge in [-0.1, -0.05) is 13.8 Å². The smallest absolute Gasteiger partial charge is 0.119 e. The number of nitrogens with one attached hydrogen (secondary N) is 1. The van der Waals surface area contributed by atoms with Gasteiger partial charge in [-0.3, -0.25) is 0 Å². The summed E-state index contributed by atoms with van der Waals surface area (Å²) in [4.78, 5) is 6.28. The molecule has 112 valence electrons. The average molecular weight is 302 g/mol. The first-order chi connectivity index (χ1) is 10.2. The van der Waals surface area contributed by atoms with Crippen LogP contribution in [0.3, 0.4) is 0 Å². The highest BCUT2D eigenvalue weighted by atomic mass is 32.1. The lowest BCUT2D eigenvalue weighted by atomic mass is 9.93. The second-order valence-electron chi connectivity index (χ2n) is 5.93. The molecular weight excluding hydrogens is 280 g/mol. The third-order valence-corrected chi connectivity index (χ3v) is 4.87. The standard InChI is InChI=1S/C17H22N2OS/c1-11(2)9-18-10-16-19-17-14-6-5-13(20-3)8-12(14)4-7-15(17)21-16/h5-6,8,11,18H,4,7,9-10H2,1-3H3. The van der Waals surface area contributed by atoms with E-state index in [0.717, 1.165) is 31.7 Å². The Morgan fingerprint density at radius 3 is 2.95 bits per heavy atom. The van der Waals surface area contributed by atoms with E-state index >= 15 is 0 Å². The molecular formula is C17H22N2OS. The molecule has 1 aromatic carbocycles. The number of rotatable bonds is 5. The van der Waals surface area contributed by atoms with Crippen LogP contribution >= 0.6 is 11.3 Å². The van der Waals surface area contributed by atoms with Gasteiger partial charge in [0.05, 0.1) is 12.8 Å². The summed E-state index contributed by atoms with van der Waals surface area (Å²) < 4.78 is 5.32. The number of thiazole rings is 1. The summed E-state index contributed by atoms with van der Waals surface area (Å²) in [5.41, 5.74) is 3.82. The summed E-state index contributed by atoms with van der Waals surface area (Å²) in [5, 5.41) is 4.68. The molecule has 0 amide bonds. The third kappa shape index (κ3) is 3.11. The second-order valence-corrected chi connectivity index (χ2v) is 7.10. The number of aryl methyl sites for hydroxylation is 2. The van der Waals surface area contributed by atoms with Gasteiger partial charge in [0.2, 0.25) is 0 Å². The van der Waals surface area contributed by atoms with Gasteiger partial charge in [-0.15, -0.1) is 11.3 Å². The minimum atomic E-state index is 0.674. The Hall–Kier alpha value is -1.39. The maximum Gasteiger partial charge on any atom is 0.119 e. The Morgan fingerprint density at radius 1 is 1.33 bits per heavy atom. The summed E-state index contributed by atoms with van der Waals surface area (Å²) in [6, 6.07) is 6.33. The molecule has 21 heavy (non-hydrogen) atoms. The molecule has 1 heterocycles. The summed E-state index contributed by atoms with van der Waals surface area (Å²) in [6.07, 6.45) is 2.18. The van der Waals surface area contributed by atoms with Crippen LogP contribution in [-0.2, 0) is 19.4 Å². The molecule has 4 heteroatoms. The van der Waals surface area contributed by atoms with Crippen molar-refractivity contribution in [3.05, 3.63) is 33.6 Å². The molecule has 2 aromatic rings. The van der Waals surface area contributed by atoms with Crippen molar-refractivity contribution >= 4 is 11.3 Å². The molecule has 3 nitrogen and oxygen atoms in total. The minimum absolute atomic E-state index is 0.674. The van der Waals surface area contributed by atoms with Gasteiger partial charge in [0.1, 0.15) is 10.8 Å². The van der Waals surface area contributed by atoms with Crippen LogP contribution in [0.5, 0.6) is 5.75 Å². The fourth-order valence-corrected chi connectivity index (χ4v) is 3.76. The van der Waals surface area contributed by atoms with Crippen molar-refractivity contribution in [2.45, 2.75) is 33.2 Å². The lowest BCUT2D eigenvalue weighted by Gasteiger charge is -2.15. The Labute approximate surface area is 130 Å². The molecule has 0 fully saturated rings. The van der Waals surface area contributed by atoms with Gasteiger partial charge in [0.15, 0.2) is 0 Å². The van der Waals surface area contributed by atoms with E-state index in [-0.39, 0.29) is 0 Å². The molecule has 0 aliphatic heterocycles. The van der Waals surface area contributed by atoms with E-state index in [1.54, 1.807) is 7.11 Å². The zero-order valence-electron chi connectivity index (χ0n) is 12.9. The van der Waals surface area contributed by atoms with Crippen LogP contribution in [0.1, 0.15) is 29.3 Å². The molecule has 1 N–H and O–H groups in total. The molecule has 3 rings (SSSR count). The summed E-state index contributed by atoms with van der Waals surface area (Å²) >= 11 is 1.86. The lowest BCUT2D eigenvalue weighted by molar-refractivity contribution is 0.414. The minimum Gasteiger partial charge on any atom is -0.497 e. The zero-order valence-corrected chi connectivity index (χ0v) is 13.7. The van der Waals surface area contributed by atoms with Crippen molar-refractivity contribution in [1.82, 2.24) is 10.3 Å². The Morgan fingerprint density at radius 2 is 2.19 bits per heavy atom. The topological polar surface area (TPSA) is 34.1 Å². The van der Waals surface area contributed by atoms with Gasteiger partial charge < -0.3 is 10.1 Å². The van der Waals surface area contributed by atoms with Crippen molar-refractivity contribution in [3.8, 4) is 17.0 Å². The molecule has 0 saturated heterocycles. The predicted octanol–water partition coefficient (Wildman–Crippen LogP) is 3.66. The Balaban J connectivity index is 1.82. The van der Waals surface area contributed by atoms with Gasteiger partial charge >= 0.3 is 0 Å². The van der Waals surface area contributed by atoms with E-state index in [2.05, 4.69) is 31.3 Å². The first kappa shape index (κ1) is 14.5. The van der Waals surface area contributed by atoms with Gasteiger partial charge in [-0.25, -0.2) is 4.98 Å². The molecule has 1 aliphatic carbocycles. The molecule has 1 aromatic heterocycles. The average Bonchev–Trinajstić information content (AvgIpc) is 2.89. The Bertz CT molecular complexity index is 634. The van der Waals surface area contributed by atoms with Crippen LogP contribution in [0, 0.1) is 5.92 Å². The highest BCUT2D eigenvalue weighted by Gasteiger charge is 2.21. The van der Waals surface area contributed by atoms with Crippen molar-refractivity contribution in [3.63, 3.8) is 0 Å². The lowest BCUT2D eigenvalue weighted by Crippen LogP contribution is -2.18. The number of hydrogen-bond acceptors (Lipinski definition) is 4. The number of methoxy groups -OCH3 is 1. The fourth-order valence-electron chi connectivity index (χ4n) is 2.71. The predicted molar refractivity (Wildman–Crippen MR) is 88.1 cm³/mol. The highest BCUT2D eigenvalue weighted by molar-refractivity contribution is 7.12. The molecule has 0 saturated carbocycles. The van der Waals surface area contributed by atoms with Crippen LogP contribution in [0.4, 0.5) is 0 Å². The van der Waals surface area contributed by atoms with Crippen molar-refractivity contribution in [1.29, 1.82) is 0 Å².